The van der Waals surface area contributed by atoms with Gasteiger partial charge in [0.05, 0.1) is 19.3 Å². The van der Waals surface area contributed by atoms with Crippen molar-refractivity contribution in [1.29, 1.82) is 0 Å². The minimum Gasteiger partial charge on any atom is -0.446 e. The summed E-state index contributed by atoms with van der Waals surface area (Å²) in [5, 5.41) is 0. The molecule has 1 fully saturated rings. The Morgan fingerprint density at radius 2 is 2.30 bits per heavy atom. The minimum absolute atomic E-state index is 0.306. The van der Waals surface area contributed by atoms with Crippen molar-refractivity contribution in [2.24, 2.45) is 0 Å². The highest BCUT2D eigenvalue weighted by Gasteiger charge is 2.04. The van der Waals surface area contributed by atoms with E-state index >= 15 is 0 Å². The van der Waals surface area contributed by atoms with E-state index in [-0.39, 0.29) is 9.76 Å². The van der Waals surface area contributed by atoms with Crippen LogP contribution in [0.25, 0.3) is 0 Å². The molecule has 0 aromatic heterocycles. The number of rotatable bonds is 0. The molecule has 1 aliphatic heterocycles. The van der Waals surface area contributed by atoms with Gasteiger partial charge in [-0.3, -0.25) is 0 Å². The summed E-state index contributed by atoms with van der Waals surface area (Å²) in [7, 11) is -0.918. The lowest BCUT2D eigenvalue weighted by atomic mass is 10.5. The molecule has 60 valence electrons. The van der Waals surface area contributed by atoms with Crippen LogP contribution in [0.2, 0.25) is 6.04 Å². The van der Waals surface area contributed by atoms with Crippen molar-refractivity contribution in [2.45, 2.75) is 19.1 Å². The second kappa shape index (κ2) is 5.03. The summed E-state index contributed by atoms with van der Waals surface area (Å²) in [5.41, 5.74) is 0. The molecule has 1 atom stereocenters. The molecule has 0 N–H and O–H groups in total. The van der Waals surface area contributed by atoms with Crippen LogP contribution in [-0.2, 0) is 13.3 Å². The maximum absolute atomic E-state index is 5.41. The highest BCUT2D eigenvalue weighted by molar-refractivity contribution is 6.39. The van der Waals surface area contributed by atoms with Gasteiger partial charge in [-0.05, 0) is 13.0 Å². The molecule has 5 heteroatoms. The second-order valence-electron chi connectivity index (χ2n) is 2.40. The molecule has 0 bridgehead atoms. The van der Waals surface area contributed by atoms with Gasteiger partial charge in [-0.25, -0.2) is 0 Å². The van der Waals surface area contributed by atoms with Gasteiger partial charge in [-0.2, -0.15) is 0 Å². The Hall–Kier alpha value is 0.314. The first-order chi connectivity index (χ1) is 4.89. The van der Waals surface area contributed by atoms with Gasteiger partial charge in [-0.15, -0.1) is 0 Å². The van der Waals surface area contributed by atoms with Crippen LogP contribution < -0.4 is 0 Å². The first-order valence-corrected chi connectivity index (χ1v) is 6.40. The fourth-order valence-electron chi connectivity index (χ4n) is 0.818. The van der Waals surface area contributed by atoms with E-state index in [1.165, 1.54) is 0 Å². The summed E-state index contributed by atoms with van der Waals surface area (Å²) in [6.07, 6.45) is 0.391. The molecule has 1 saturated heterocycles. The van der Waals surface area contributed by atoms with Gasteiger partial charge in [-0.1, -0.05) is 0 Å². The van der Waals surface area contributed by atoms with Crippen molar-refractivity contribution in [3.63, 3.8) is 0 Å². The SMILES string of the molecule is CC1C[SiH2]O[SiH2]OCCO1. The number of hydrogen-bond acceptors (Lipinski definition) is 3. The smallest absolute Gasteiger partial charge is 0.293 e. The van der Waals surface area contributed by atoms with Crippen molar-refractivity contribution in [1.82, 2.24) is 0 Å². The molecule has 0 spiro atoms. The lowest BCUT2D eigenvalue weighted by Gasteiger charge is -2.08. The van der Waals surface area contributed by atoms with Gasteiger partial charge >= 0.3 is 0 Å². The molecule has 0 amide bonds. The fourth-order valence-corrected chi connectivity index (χ4v) is 3.16. The van der Waals surface area contributed by atoms with E-state index in [2.05, 4.69) is 6.92 Å². The summed E-state index contributed by atoms with van der Waals surface area (Å²) in [4.78, 5) is 0. The van der Waals surface area contributed by atoms with Crippen LogP contribution in [0, 0.1) is 0 Å². The second-order valence-corrected chi connectivity index (χ2v) is 5.67. The van der Waals surface area contributed by atoms with Crippen LogP contribution in [0.4, 0.5) is 0 Å². The zero-order valence-electron chi connectivity index (χ0n) is 6.34. The largest absolute Gasteiger partial charge is 0.446 e. The van der Waals surface area contributed by atoms with Crippen molar-refractivity contribution in [3.05, 3.63) is 0 Å². The predicted octanol–water partition coefficient (Wildman–Crippen LogP) is -1.06. The van der Waals surface area contributed by atoms with E-state index in [0.29, 0.717) is 6.10 Å². The summed E-state index contributed by atoms with van der Waals surface area (Å²) in [6.45, 7) is 3.57. The first kappa shape index (κ1) is 8.41. The Kier molecular flexibility index (Phi) is 4.23. The molecule has 0 radical (unpaired) electrons. The van der Waals surface area contributed by atoms with E-state index in [1.54, 1.807) is 0 Å². The fraction of sp³-hybridized carbons (Fsp3) is 1.00. The Labute approximate surface area is 66.1 Å². The van der Waals surface area contributed by atoms with E-state index < -0.39 is 10.0 Å². The van der Waals surface area contributed by atoms with Crippen molar-refractivity contribution < 1.29 is 13.3 Å². The molecular formula is C5H14O3Si2. The van der Waals surface area contributed by atoms with Gasteiger partial charge < -0.3 is 13.3 Å². The van der Waals surface area contributed by atoms with Crippen LogP contribution in [0.3, 0.4) is 0 Å². The van der Waals surface area contributed by atoms with Gasteiger partial charge in [0.15, 0.2) is 9.76 Å². The van der Waals surface area contributed by atoms with Crippen molar-refractivity contribution in [2.75, 3.05) is 13.2 Å². The lowest BCUT2D eigenvalue weighted by Crippen LogP contribution is -2.12. The summed E-state index contributed by atoms with van der Waals surface area (Å²) < 4.78 is 16.0. The van der Waals surface area contributed by atoms with Crippen LogP contribution in [0.15, 0.2) is 0 Å². The van der Waals surface area contributed by atoms with Crippen LogP contribution in [0.1, 0.15) is 6.92 Å². The molecule has 10 heavy (non-hydrogen) atoms. The molecular weight excluding hydrogens is 164 g/mol. The average molecular weight is 178 g/mol. The van der Waals surface area contributed by atoms with E-state index in [0.717, 1.165) is 19.3 Å². The normalized spacial score (nSPS) is 35.1. The number of ether oxygens (including phenoxy) is 1. The molecule has 1 rings (SSSR count). The first-order valence-electron chi connectivity index (χ1n) is 3.66. The Bertz CT molecular complexity index is 81.0. The Morgan fingerprint density at radius 1 is 1.40 bits per heavy atom. The Balaban J connectivity index is 2.15. The van der Waals surface area contributed by atoms with Gasteiger partial charge in [0, 0.05) is 0 Å². The third-order valence-electron chi connectivity index (χ3n) is 1.47. The molecule has 3 nitrogen and oxygen atoms in total. The monoisotopic (exact) mass is 178 g/mol. The summed E-state index contributed by atoms with van der Waals surface area (Å²) in [6, 6.07) is 1.14. The van der Waals surface area contributed by atoms with E-state index in [1.807, 2.05) is 0 Å². The van der Waals surface area contributed by atoms with E-state index in [9.17, 15) is 0 Å². The lowest BCUT2D eigenvalue weighted by molar-refractivity contribution is 0.0569. The third kappa shape index (κ3) is 3.47. The highest BCUT2D eigenvalue weighted by atomic mass is 28.3. The quantitative estimate of drug-likeness (QED) is 0.443. The zero-order chi connectivity index (χ0) is 7.23. The van der Waals surface area contributed by atoms with Crippen LogP contribution >= 0.6 is 0 Å². The standard InChI is InChI=1S/C5H14O3Si2/c1-5-4-9-8-10-7-3-2-6-5/h5H,2-4,9-10H2,1H3. The van der Waals surface area contributed by atoms with E-state index in [4.69, 9.17) is 13.3 Å². The van der Waals surface area contributed by atoms with Gasteiger partial charge in [0.25, 0.3) is 10.0 Å². The third-order valence-corrected chi connectivity index (χ3v) is 4.79. The maximum atomic E-state index is 5.41. The zero-order valence-corrected chi connectivity index (χ0v) is 9.17. The van der Waals surface area contributed by atoms with Crippen LogP contribution in [-0.4, -0.2) is 39.1 Å². The predicted molar refractivity (Wildman–Crippen MR) is 44.3 cm³/mol. The maximum Gasteiger partial charge on any atom is 0.293 e. The summed E-state index contributed by atoms with van der Waals surface area (Å²) >= 11 is 0. The topological polar surface area (TPSA) is 27.7 Å². The van der Waals surface area contributed by atoms with Crippen molar-refractivity contribution >= 4 is 19.8 Å². The summed E-state index contributed by atoms with van der Waals surface area (Å²) in [5.74, 6) is 0. The minimum atomic E-state index is -0.612. The molecule has 0 aromatic carbocycles. The molecule has 1 unspecified atom stereocenters. The highest BCUT2D eigenvalue weighted by Crippen LogP contribution is 1.98. The molecule has 0 aliphatic carbocycles. The molecule has 0 saturated carbocycles. The average Bonchev–Trinajstić information content (AvgIpc) is 2.02. The molecule has 1 aliphatic rings. The van der Waals surface area contributed by atoms with Gasteiger partial charge in [0.1, 0.15) is 0 Å². The number of hydrogen-bond donors (Lipinski definition) is 0. The van der Waals surface area contributed by atoms with Gasteiger partial charge in [0.2, 0.25) is 0 Å². The Morgan fingerprint density at radius 3 is 3.20 bits per heavy atom. The van der Waals surface area contributed by atoms with Crippen LogP contribution in [0.5, 0.6) is 0 Å². The molecule has 1 heterocycles. The molecule has 0 aromatic rings. The van der Waals surface area contributed by atoms with Crippen molar-refractivity contribution in [3.8, 4) is 0 Å².